The van der Waals surface area contributed by atoms with E-state index in [4.69, 9.17) is 14.5 Å². The first kappa shape index (κ1) is 29.3. The molecule has 0 bridgehead atoms. The van der Waals surface area contributed by atoms with Crippen molar-refractivity contribution in [3.8, 4) is 11.5 Å². The molecule has 1 N–H and O–H groups in total. The fourth-order valence-corrected chi connectivity index (χ4v) is 5.49. The largest absolute Gasteiger partial charge is 0.496 e. The lowest BCUT2D eigenvalue weighted by atomic mass is 10.0. The molecule has 9 nitrogen and oxygen atoms in total. The van der Waals surface area contributed by atoms with Crippen LogP contribution in [-0.4, -0.2) is 70.6 Å². The number of amides is 1. The summed E-state index contributed by atoms with van der Waals surface area (Å²) in [5.74, 6) is 1.68. The zero-order valence-corrected chi connectivity index (χ0v) is 24.4. The van der Waals surface area contributed by atoms with E-state index in [1.165, 1.54) is 12.1 Å². The number of nitrogens with zero attached hydrogens (tertiary/aromatic N) is 5. The van der Waals surface area contributed by atoms with Gasteiger partial charge in [0.05, 0.1) is 26.0 Å². The Morgan fingerprint density at radius 3 is 2.57 bits per heavy atom. The number of hydrogen-bond donors (Lipinski definition) is 1. The third kappa shape index (κ3) is 6.82. The summed E-state index contributed by atoms with van der Waals surface area (Å²) < 4.78 is 26.6. The Morgan fingerprint density at radius 2 is 1.88 bits per heavy atom. The van der Waals surface area contributed by atoms with Gasteiger partial charge in [0.15, 0.2) is 0 Å². The van der Waals surface area contributed by atoms with Gasteiger partial charge in [-0.3, -0.25) is 9.48 Å². The van der Waals surface area contributed by atoms with E-state index in [0.29, 0.717) is 49.6 Å². The van der Waals surface area contributed by atoms with Gasteiger partial charge < -0.3 is 24.4 Å². The monoisotopic (exact) mass is 575 g/mol. The van der Waals surface area contributed by atoms with Gasteiger partial charge in [-0.15, -0.1) is 0 Å². The van der Waals surface area contributed by atoms with E-state index in [1.807, 2.05) is 42.3 Å². The van der Waals surface area contributed by atoms with Gasteiger partial charge in [-0.1, -0.05) is 12.1 Å². The number of aryl methyl sites for hydroxylation is 2. The van der Waals surface area contributed by atoms with Gasteiger partial charge in [-0.05, 0) is 68.1 Å². The fourth-order valence-electron chi connectivity index (χ4n) is 5.49. The number of methoxy groups -OCH3 is 2. The van der Waals surface area contributed by atoms with Crippen molar-refractivity contribution in [1.82, 2.24) is 19.7 Å². The van der Waals surface area contributed by atoms with E-state index in [9.17, 15) is 14.3 Å². The molecule has 0 aliphatic carbocycles. The quantitative estimate of drug-likeness (QED) is 0.281. The number of aromatic nitrogens is 3. The Morgan fingerprint density at radius 1 is 1.12 bits per heavy atom. The van der Waals surface area contributed by atoms with Crippen LogP contribution in [0.25, 0.3) is 10.9 Å². The third-order valence-corrected chi connectivity index (χ3v) is 7.73. The van der Waals surface area contributed by atoms with Crippen LogP contribution in [0.1, 0.15) is 36.1 Å². The smallest absolute Gasteiger partial charge is 0.224 e. The summed E-state index contributed by atoms with van der Waals surface area (Å²) in [6.45, 7) is 4.34. The lowest BCUT2D eigenvalue weighted by Gasteiger charge is -2.34. The van der Waals surface area contributed by atoms with Gasteiger partial charge in [0.1, 0.15) is 28.7 Å². The van der Waals surface area contributed by atoms with Crippen molar-refractivity contribution in [1.29, 1.82) is 0 Å². The van der Waals surface area contributed by atoms with Gasteiger partial charge in [0, 0.05) is 56.3 Å². The van der Waals surface area contributed by atoms with Crippen LogP contribution in [0.15, 0.2) is 54.7 Å². The maximum atomic E-state index is 13.7. The number of β-amino-alcohol motifs (C(OH)–C–C–N with tert-alkyl or cyclic N) is 1. The molecule has 2 aromatic carbocycles. The first-order valence-corrected chi connectivity index (χ1v) is 14.3. The molecule has 1 aliphatic heterocycles. The summed E-state index contributed by atoms with van der Waals surface area (Å²) in [5.41, 5.74) is 3.36. The van der Waals surface area contributed by atoms with Gasteiger partial charge in [-0.2, -0.15) is 5.10 Å². The van der Waals surface area contributed by atoms with Crippen LogP contribution < -0.4 is 14.4 Å². The molecule has 42 heavy (non-hydrogen) atoms. The number of hydrogen-bond acceptors (Lipinski definition) is 7. The number of rotatable bonds is 11. The average molecular weight is 576 g/mol. The second-order valence-corrected chi connectivity index (χ2v) is 10.7. The van der Waals surface area contributed by atoms with Crippen molar-refractivity contribution < 1.29 is 23.8 Å². The highest BCUT2D eigenvalue weighted by atomic mass is 19.1. The number of fused-ring (bicyclic) bond motifs is 1. The van der Waals surface area contributed by atoms with E-state index in [0.717, 1.165) is 47.4 Å². The topological polar surface area (TPSA) is 93.0 Å². The van der Waals surface area contributed by atoms with Crippen molar-refractivity contribution in [2.24, 2.45) is 0 Å². The molecule has 1 unspecified atom stereocenters. The molecule has 1 fully saturated rings. The van der Waals surface area contributed by atoms with E-state index in [2.05, 4.69) is 10.00 Å². The number of ether oxygens (including phenoxy) is 2. The minimum atomic E-state index is -0.454. The molecule has 10 heteroatoms. The minimum absolute atomic E-state index is 0.0207. The highest BCUT2D eigenvalue weighted by Gasteiger charge is 2.25. The summed E-state index contributed by atoms with van der Waals surface area (Å²) in [7, 11) is 3.23. The van der Waals surface area contributed by atoms with Crippen molar-refractivity contribution in [3.05, 3.63) is 77.4 Å². The number of pyridine rings is 1. The van der Waals surface area contributed by atoms with Crippen LogP contribution in [0.2, 0.25) is 0 Å². The van der Waals surface area contributed by atoms with Crippen LogP contribution in [0.3, 0.4) is 0 Å². The average Bonchev–Trinajstić information content (AvgIpc) is 3.42. The molecule has 0 saturated carbocycles. The number of anilines is 1. The highest BCUT2D eigenvalue weighted by molar-refractivity contribution is 5.92. The Kier molecular flexibility index (Phi) is 9.22. The molecule has 1 atom stereocenters. The van der Waals surface area contributed by atoms with Crippen LogP contribution in [0.4, 0.5) is 10.2 Å². The standard InChI is InChI=1S/C32H38FN5O4/c1-22-12-17-38(35-22)18-14-30(40)36(16-13-23-6-8-25(33)9-7-23)20-24-19-27-28(41-2)10-11-29(42-3)31(27)34-32(24)37-15-4-5-26(39)21-37/h6-12,17,19,26,39H,4-5,13-16,18,20-21H2,1-3H3. The van der Waals surface area contributed by atoms with E-state index < -0.39 is 6.10 Å². The van der Waals surface area contributed by atoms with E-state index >= 15 is 0 Å². The Balaban J connectivity index is 1.51. The van der Waals surface area contributed by atoms with Crippen molar-refractivity contribution in [3.63, 3.8) is 0 Å². The van der Waals surface area contributed by atoms with Crippen molar-refractivity contribution in [2.45, 2.75) is 51.8 Å². The Bertz CT molecular complexity index is 1520. The Labute approximate surface area is 245 Å². The SMILES string of the molecule is COc1ccc(OC)c2nc(N3CCCC(O)C3)c(CN(CCc3ccc(F)cc3)C(=O)CCn3ccc(C)n3)cc12. The summed E-state index contributed by atoms with van der Waals surface area (Å²) in [5, 5.41) is 15.7. The van der Waals surface area contributed by atoms with Gasteiger partial charge in [0.25, 0.3) is 0 Å². The second kappa shape index (κ2) is 13.2. The summed E-state index contributed by atoms with van der Waals surface area (Å²) in [6.07, 6.45) is 3.85. The first-order valence-electron chi connectivity index (χ1n) is 14.3. The van der Waals surface area contributed by atoms with Gasteiger partial charge >= 0.3 is 0 Å². The molecule has 0 radical (unpaired) electrons. The molecule has 5 rings (SSSR count). The molecule has 1 aliphatic rings. The molecule has 0 spiro atoms. The molecule has 222 valence electrons. The maximum absolute atomic E-state index is 13.7. The van der Waals surface area contributed by atoms with Crippen LogP contribution in [0.5, 0.6) is 11.5 Å². The highest BCUT2D eigenvalue weighted by Crippen LogP contribution is 2.36. The van der Waals surface area contributed by atoms with E-state index in [-0.39, 0.29) is 18.1 Å². The summed E-state index contributed by atoms with van der Waals surface area (Å²) in [6, 6.07) is 14.0. The maximum Gasteiger partial charge on any atom is 0.224 e. The number of aliphatic hydroxyl groups excluding tert-OH is 1. The van der Waals surface area contributed by atoms with E-state index in [1.54, 1.807) is 31.0 Å². The molecular weight excluding hydrogens is 537 g/mol. The molecular formula is C32H38FN5O4. The molecule has 1 amide bonds. The number of aliphatic hydroxyl groups is 1. The number of carbonyl (C=O) groups is 1. The number of piperidine rings is 1. The first-order chi connectivity index (χ1) is 20.3. The lowest BCUT2D eigenvalue weighted by Crippen LogP contribution is -2.40. The second-order valence-electron chi connectivity index (χ2n) is 10.7. The predicted octanol–water partition coefficient (Wildman–Crippen LogP) is 4.52. The summed E-state index contributed by atoms with van der Waals surface area (Å²) in [4.78, 5) is 22.7. The van der Waals surface area contributed by atoms with Crippen LogP contribution >= 0.6 is 0 Å². The van der Waals surface area contributed by atoms with Crippen LogP contribution in [-0.2, 0) is 24.3 Å². The molecule has 3 heterocycles. The van der Waals surface area contributed by atoms with Crippen molar-refractivity contribution >= 4 is 22.6 Å². The molecule has 4 aromatic rings. The normalized spacial score (nSPS) is 15.2. The van der Waals surface area contributed by atoms with Crippen LogP contribution in [0, 0.1) is 12.7 Å². The molecule has 2 aromatic heterocycles. The number of benzene rings is 2. The van der Waals surface area contributed by atoms with Gasteiger partial charge in [0.2, 0.25) is 5.91 Å². The zero-order chi connectivity index (χ0) is 29.6. The third-order valence-electron chi connectivity index (χ3n) is 7.73. The van der Waals surface area contributed by atoms with Gasteiger partial charge in [-0.25, -0.2) is 9.37 Å². The Hall–Kier alpha value is -4.18. The minimum Gasteiger partial charge on any atom is -0.496 e. The van der Waals surface area contributed by atoms with Crippen molar-refractivity contribution in [2.75, 3.05) is 38.8 Å². The summed E-state index contributed by atoms with van der Waals surface area (Å²) >= 11 is 0. The predicted molar refractivity (Wildman–Crippen MR) is 159 cm³/mol. The lowest BCUT2D eigenvalue weighted by molar-refractivity contribution is -0.132. The fraction of sp³-hybridized carbons (Fsp3) is 0.406. The zero-order valence-electron chi connectivity index (χ0n) is 24.4. The molecule has 1 saturated heterocycles. The number of halogens is 1. The number of carbonyl (C=O) groups excluding carboxylic acids is 1.